The summed E-state index contributed by atoms with van der Waals surface area (Å²) in [6.07, 6.45) is 6.07. The highest BCUT2D eigenvalue weighted by molar-refractivity contribution is 6.48. The molecule has 5 aliphatic rings. The zero-order valence-corrected chi connectivity index (χ0v) is 24.5. The number of rotatable bonds is 13. The van der Waals surface area contributed by atoms with E-state index in [1.54, 1.807) is 18.3 Å². The van der Waals surface area contributed by atoms with Crippen molar-refractivity contribution in [3.05, 3.63) is 40.2 Å². The Kier molecular flexibility index (Phi) is 8.30. The number of hydrogen-bond acceptors (Lipinski definition) is 9. The van der Waals surface area contributed by atoms with Crippen molar-refractivity contribution in [1.82, 2.24) is 31.5 Å². The van der Waals surface area contributed by atoms with Crippen LogP contribution in [0.15, 0.2) is 24.5 Å². The van der Waals surface area contributed by atoms with E-state index >= 15 is 0 Å². The molecule has 2 aliphatic heterocycles. The van der Waals surface area contributed by atoms with Crippen LogP contribution in [-0.2, 0) is 14.1 Å². The van der Waals surface area contributed by atoms with Gasteiger partial charge in [-0.3, -0.25) is 19.9 Å². The monoisotopic (exact) mass is 571 g/mol. The van der Waals surface area contributed by atoms with Crippen molar-refractivity contribution in [2.24, 2.45) is 23.2 Å². The van der Waals surface area contributed by atoms with Gasteiger partial charge in [0.2, 0.25) is 12.2 Å². The first kappa shape index (κ1) is 29.7. The number of nitrogens with zero attached hydrogens (tertiary/aromatic N) is 3. The van der Waals surface area contributed by atoms with Gasteiger partial charge in [0.25, 0.3) is 5.91 Å². The Balaban J connectivity index is 1.25. The van der Waals surface area contributed by atoms with Crippen LogP contribution in [0.3, 0.4) is 0 Å². The van der Waals surface area contributed by atoms with E-state index in [1.165, 1.54) is 6.20 Å². The molecule has 2 amide bonds. The lowest BCUT2D eigenvalue weighted by molar-refractivity contribution is -0.627. The molecule has 3 saturated carbocycles. The van der Waals surface area contributed by atoms with Gasteiger partial charge in [-0.25, -0.2) is 10.1 Å². The SMILES string of the molecule is CC(C)C[C@H](NC(=O)[C@H](CCCNC1NN1[N+](=O)[O-])NC(=O)c1cccnc1)B1O[C@@H]2C[C@@H]3C[C@@H](C3(C)C)[C@]2(C)O1. The van der Waals surface area contributed by atoms with Gasteiger partial charge in [-0.05, 0) is 86.0 Å². The summed E-state index contributed by atoms with van der Waals surface area (Å²) in [4.78, 5) is 41.5. The van der Waals surface area contributed by atoms with Crippen LogP contribution < -0.4 is 21.4 Å². The van der Waals surface area contributed by atoms with Gasteiger partial charge >= 0.3 is 7.12 Å². The van der Waals surface area contributed by atoms with E-state index in [0.29, 0.717) is 43.2 Å². The minimum Gasteiger partial charge on any atom is -0.404 e. The first-order chi connectivity index (χ1) is 19.4. The van der Waals surface area contributed by atoms with Gasteiger partial charge in [-0.15, -0.1) is 5.43 Å². The highest BCUT2D eigenvalue weighted by atomic mass is 16.7. The summed E-state index contributed by atoms with van der Waals surface area (Å²) >= 11 is 0. The predicted octanol–water partition coefficient (Wildman–Crippen LogP) is 1.64. The maximum atomic E-state index is 13.7. The molecule has 13 nitrogen and oxygen atoms in total. The number of hydrazine groups is 2. The first-order valence-corrected chi connectivity index (χ1v) is 14.7. The van der Waals surface area contributed by atoms with Gasteiger partial charge in [-0.1, -0.05) is 27.7 Å². The summed E-state index contributed by atoms with van der Waals surface area (Å²) in [7, 11) is -0.572. The normalized spacial score (nSPS) is 30.7. The van der Waals surface area contributed by atoms with Crippen molar-refractivity contribution < 1.29 is 23.9 Å². The van der Waals surface area contributed by atoms with E-state index in [1.807, 2.05) is 0 Å². The van der Waals surface area contributed by atoms with Crippen LogP contribution in [-0.4, -0.2) is 70.6 Å². The summed E-state index contributed by atoms with van der Waals surface area (Å²) in [6.45, 7) is 11.4. The van der Waals surface area contributed by atoms with Crippen molar-refractivity contribution in [2.45, 2.75) is 96.7 Å². The number of carbonyl (C=O) groups is 2. The summed E-state index contributed by atoms with van der Waals surface area (Å²) in [5, 5.41) is 20.1. The molecule has 224 valence electrons. The zero-order chi connectivity index (χ0) is 29.5. The number of carbonyl (C=O) groups excluding carboxylic acids is 2. The second-order valence-corrected chi connectivity index (χ2v) is 13.1. The molecule has 2 bridgehead atoms. The molecule has 2 saturated heterocycles. The molecule has 1 aromatic heterocycles. The fraction of sp³-hybridized carbons (Fsp3) is 0.741. The lowest BCUT2D eigenvalue weighted by Gasteiger charge is -2.64. The average molecular weight is 571 g/mol. The van der Waals surface area contributed by atoms with Crippen LogP contribution in [0.25, 0.3) is 0 Å². The molecule has 3 aliphatic carbocycles. The number of amides is 2. The Hall–Kier alpha value is -2.81. The Morgan fingerprint density at radius 2 is 2.07 bits per heavy atom. The van der Waals surface area contributed by atoms with E-state index in [-0.39, 0.29) is 29.3 Å². The number of nitrogens with one attached hydrogen (secondary N) is 4. The maximum absolute atomic E-state index is 13.7. The van der Waals surface area contributed by atoms with Gasteiger partial charge in [0.15, 0.2) is 5.03 Å². The zero-order valence-electron chi connectivity index (χ0n) is 24.5. The Morgan fingerprint density at radius 1 is 1.29 bits per heavy atom. The average Bonchev–Trinajstić information content (AvgIpc) is 3.61. The summed E-state index contributed by atoms with van der Waals surface area (Å²) < 4.78 is 13.2. The van der Waals surface area contributed by atoms with E-state index in [0.717, 1.165) is 18.0 Å². The Labute approximate surface area is 241 Å². The molecule has 0 spiro atoms. The third-order valence-corrected chi connectivity index (χ3v) is 9.51. The Bertz CT molecular complexity index is 1140. The summed E-state index contributed by atoms with van der Waals surface area (Å²) in [5.41, 5.74) is 2.76. The fourth-order valence-corrected chi connectivity index (χ4v) is 7.02. The molecule has 4 N–H and O–H groups in total. The van der Waals surface area contributed by atoms with Crippen molar-refractivity contribution in [2.75, 3.05) is 6.54 Å². The first-order valence-electron chi connectivity index (χ1n) is 14.7. The van der Waals surface area contributed by atoms with Crippen LogP contribution in [0.1, 0.15) is 77.1 Å². The van der Waals surface area contributed by atoms with Gasteiger partial charge in [0, 0.05) is 12.4 Å². The van der Waals surface area contributed by atoms with Crippen molar-refractivity contribution in [1.29, 1.82) is 0 Å². The molecule has 7 atom stereocenters. The van der Waals surface area contributed by atoms with Crippen LogP contribution in [0.5, 0.6) is 0 Å². The number of aromatic nitrogens is 1. The van der Waals surface area contributed by atoms with Crippen molar-refractivity contribution >= 4 is 18.9 Å². The molecule has 3 heterocycles. The van der Waals surface area contributed by atoms with Crippen LogP contribution in [0.2, 0.25) is 0 Å². The molecule has 5 fully saturated rings. The van der Waals surface area contributed by atoms with Gasteiger partial charge in [-0.2, -0.15) is 0 Å². The molecule has 1 unspecified atom stereocenters. The molecular weight excluding hydrogens is 529 g/mol. The second-order valence-electron chi connectivity index (χ2n) is 13.1. The van der Waals surface area contributed by atoms with Crippen LogP contribution in [0, 0.1) is 33.3 Å². The lowest BCUT2D eigenvalue weighted by Crippen LogP contribution is -2.65. The molecule has 0 radical (unpaired) electrons. The smallest absolute Gasteiger partial charge is 0.404 e. The molecule has 6 rings (SSSR count). The predicted molar refractivity (Wildman–Crippen MR) is 150 cm³/mol. The number of hydrogen-bond donors (Lipinski definition) is 4. The minimum absolute atomic E-state index is 0.00208. The van der Waals surface area contributed by atoms with Gasteiger partial charge in [0.05, 0.1) is 23.2 Å². The van der Waals surface area contributed by atoms with Crippen molar-refractivity contribution in [3.8, 4) is 0 Å². The quantitative estimate of drug-likeness (QED) is 0.0898. The van der Waals surface area contributed by atoms with Crippen molar-refractivity contribution in [3.63, 3.8) is 0 Å². The summed E-state index contributed by atoms with van der Waals surface area (Å²) in [6, 6.07) is 2.47. The van der Waals surface area contributed by atoms with E-state index in [4.69, 9.17) is 9.31 Å². The largest absolute Gasteiger partial charge is 0.481 e. The molecule has 0 aromatic carbocycles. The van der Waals surface area contributed by atoms with Gasteiger partial charge in [0.1, 0.15) is 6.04 Å². The topological polar surface area (TPSA) is 170 Å². The molecular formula is C27H42BN7O6. The molecule has 41 heavy (non-hydrogen) atoms. The van der Waals surface area contributed by atoms with Crippen LogP contribution >= 0.6 is 0 Å². The standard InChI is InChI=1S/C27H42BN7O6/c1-16(2)12-22(28-40-21-14-18-13-20(26(18,3)4)27(21,5)41-28)32-24(37)19(31-23(36)17-8-6-10-29-15-17)9-7-11-30-25-33-34(25)35(38)39/h6,8,10,15-16,18-22,25,30,33H,7,9,11-14H2,1-5H3,(H,31,36)(H,32,37)/t18-,19-,20-,21+,22-,25?,27-,34?/m0/s1. The van der Waals surface area contributed by atoms with Gasteiger partial charge < -0.3 is 19.9 Å². The number of nitro groups is 1. The highest BCUT2D eigenvalue weighted by Gasteiger charge is 2.68. The fourth-order valence-electron chi connectivity index (χ4n) is 7.02. The second kappa shape index (κ2) is 11.5. The third-order valence-electron chi connectivity index (χ3n) is 9.51. The van der Waals surface area contributed by atoms with Crippen LogP contribution in [0.4, 0.5) is 0 Å². The third kappa shape index (κ3) is 6.06. The maximum Gasteiger partial charge on any atom is 0.481 e. The van der Waals surface area contributed by atoms with E-state index in [9.17, 15) is 19.7 Å². The Morgan fingerprint density at radius 3 is 2.71 bits per heavy atom. The van der Waals surface area contributed by atoms with E-state index in [2.05, 4.69) is 61.0 Å². The lowest BCUT2D eigenvalue weighted by atomic mass is 9.43. The molecule has 1 aromatic rings. The minimum atomic E-state index is -0.830. The number of pyridine rings is 1. The van der Waals surface area contributed by atoms with E-state index < -0.39 is 36.0 Å². The summed E-state index contributed by atoms with van der Waals surface area (Å²) in [5.74, 6) is 0.201. The molecule has 14 heteroatoms. The highest BCUT2D eigenvalue weighted by Crippen LogP contribution is 2.65.